The van der Waals surface area contributed by atoms with E-state index in [2.05, 4.69) is 10.4 Å². The molecule has 0 aliphatic rings. The van der Waals surface area contributed by atoms with Crippen molar-refractivity contribution in [3.8, 4) is 0 Å². The van der Waals surface area contributed by atoms with Crippen molar-refractivity contribution in [3.05, 3.63) is 57.9 Å². The van der Waals surface area contributed by atoms with E-state index in [1.807, 2.05) is 6.07 Å². The predicted molar refractivity (Wildman–Crippen MR) is 70.7 cm³/mol. The average Bonchev–Trinajstić information content (AvgIpc) is 2.46. The molecule has 1 aromatic rings. The van der Waals surface area contributed by atoms with Gasteiger partial charge < -0.3 is 4.74 Å². The lowest BCUT2D eigenvalue weighted by atomic mass is 10.2. The van der Waals surface area contributed by atoms with Gasteiger partial charge in [-0.3, -0.25) is 0 Å². The van der Waals surface area contributed by atoms with E-state index in [1.165, 1.54) is 0 Å². The van der Waals surface area contributed by atoms with Gasteiger partial charge in [0, 0.05) is 0 Å². The Morgan fingerprint density at radius 2 is 1.95 bits per heavy atom. The van der Waals surface area contributed by atoms with E-state index >= 15 is 0 Å². The Morgan fingerprint density at radius 3 is 2.58 bits per heavy atom. The van der Waals surface area contributed by atoms with E-state index < -0.39 is 12.0 Å². The maximum Gasteiger partial charge on any atom is 0.338 e. The van der Waals surface area contributed by atoms with Gasteiger partial charge in [-0.2, -0.15) is 9.81 Å². The Hall–Kier alpha value is -2.37. The Bertz CT molecular complexity index is 445. The summed E-state index contributed by atoms with van der Waals surface area (Å²) in [4.78, 5) is 31.8. The number of rotatable bonds is 8. The van der Waals surface area contributed by atoms with Crippen LogP contribution in [0.1, 0.15) is 16.8 Å². The smallest absolute Gasteiger partial charge is 0.338 e. The number of nitroso groups, excluding NO2 is 2. The summed E-state index contributed by atoms with van der Waals surface area (Å²) >= 11 is 0. The van der Waals surface area contributed by atoms with Crippen LogP contribution in [0.5, 0.6) is 0 Å². The summed E-state index contributed by atoms with van der Waals surface area (Å²) in [6.07, 6.45) is 3.54. The molecule has 0 N–H and O–H groups in total. The maximum atomic E-state index is 11.5. The normalized spacial score (nSPS) is 12.0. The molecule has 0 bridgehead atoms. The van der Waals surface area contributed by atoms with Crippen molar-refractivity contribution in [1.82, 2.24) is 0 Å². The highest BCUT2D eigenvalue weighted by Crippen LogP contribution is 2.02. The SMILES string of the molecule is O=NC[C@H](C/C=C/COC(=O)c1ccccc1)N=O. The number of benzene rings is 1. The third kappa shape index (κ3) is 5.67. The van der Waals surface area contributed by atoms with Crippen molar-refractivity contribution in [2.24, 2.45) is 10.4 Å². The summed E-state index contributed by atoms with van der Waals surface area (Å²) in [6.45, 7) is -0.0362. The Balaban J connectivity index is 2.28. The van der Waals surface area contributed by atoms with Crippen LogP contribution in [0.15, 0.2) is 52.8 Å². The van der Waals surface area contributed by atoms with Crippen molar-refractivity contribution >= 4 is 5.97 Å². The Labute approximate surface area is 110 Å². The third-order valence-electron chi connectivity index (χ3n) is 2.33. The monoisotopic (exact) mass is 262 g/mol. The van der Waals surface area contributed by atoms with Gasteiger partial charge in [0.05, 0.1) is 5.56 Å². The summed E-state index contributed by atoms with van der Waals surface area (Å²) in [5.74, 6) is -0.412. The van der Waals surface area contributed by atoms with E-state index in [-0.39, 0.29) is 13.2 Å². The van der Waals surface area contributed by atoms with Gasteiger partial charge in [0.25, 0.3) is 0 Å². The lowest BCUT2D eigenvalue weighted by Gasteiger charge is -2.01. The van der Waals surface area contributed by atoms with Crippen LogP contribution in [0.2, 0.25) is 0 Å². The minimum Gasteiger partial charge on any atom is -0.458 e. The van der Waals surface area contributed by atoms with Gasteiger partial charge in [-0.25, -0.2) is 4.79 Å². The number of esters is 1. The molecular weight excluding hydrogens is 248 g/mol. The molecule has 0 spiro atoms. The fraction of sp³-hybridized carbons (Fsp3) is 0.308. The van der Waals surface area contributed by atoms with E-state index in [9.17, 15) is 14.6 Å². The van der Waals surface area contributed by atoms with Crippen molar-refractivity contribution in [3.63, 3.8) is 0 Å². The molecule has 6 heteroatoms. The summed E-state index contributed by atoms with van der Waals surface area (Å²) in [5, 5.41) is 5.37. The molecule has 0 heterocycles. The van der Waals surface area contributed by atoms with Crippen LogP contribution < -0.4 is 0 Å². The zero-order valence-corrected chi connectivity index (χ0v) is 10.3. The lowest BCUT2D eigenvalue weighted by Crippen LogP contribution is -2.07. The van der Waals surface area contributed by atoms with Crippen LogP contribution >= 0.6 is 0 Å². The molecule has 6 nitrogen and oxygen atoms in total. The number of ether oxygens (including phenoxy) is 1. The molecular formula is C13H14N2O4. The molecule has 100 valence electrons. The van der Waals surface area contributed by atoms with Crippen molar-refractivity contribution in [2.75, 3.05) is 13.2 Å². The summed E-state index contributed by atoms with van der Waals surface area (Å²) < 4.78 is 4.98. The molecule has 0 aromatic heterocycles. The van der Waals surface area contributed by atoms with Crippen LogP contribution in [0.4, 0.5) is 0 Å². The Kier molecular flexibility index (Phi) is 6.71. The lowest BCUT2D eigenvalue weighted by molar-refractivity contribution is 0.0549. The van der Waals surface area contributed by atoms with E-state index in [0.29, 0.717) is 12.0 Å². The van der Waals surface area contributed by atoms with Crippen molar-refractivity contribution in [2.45, 2.75) is 12.5 Å². The van der Waals surface area contributed by atoms with E-state index in [4.69, 9.17) is 4.74 Å². The number of nitrogens with zero attached hydrogens (tertiary/aromatic N) is 2. The Morgan fingerprint density at radius 1 is 1.21 bits per heavy atom. The zero-order chi connectivity index (χ0) is 13.9. The molecule has 0 amide bonds. The third-order valence-corrected chi connectivity index (χ3v) is 2.33. The highest BCUT2D eigenvalue weighted by Gasteiger charge is 2.06. The van der Waals surface area contributed by atoms with Gasteiger partial charge in [-0.1, -0.05) is 40.7 Å². The fourth-order valence-electron chi connectivity index (χ4n) is 1.34. The highest BCUT2D eigenvalue weighted by molar-refractivity contribution is 5.89. The molecule has 1 atom stereocenters. The van der Waals surface area contributed by atoms with Crippen LogP contribution in [0.25, 0.3) is 0 Å². The molecule has 0 saturated heterocycles. The van der Waals surface area contributed by atoms with Crippen LogP contribution in [0, 0.1) is 9.81 Å². The largest absolute Gasteiger partial charge is 0.458 e. The first-order valence-corrected chi connectivity index (χ1v) is 5.76. The van der Waals surface area contributed by atoms with E-state index in [1.54, 1.807) is 36.4 Å². The molecule has 0 aliphatic carbocycles. The van der Waals surface area contributed by atoms with Crippen molar-refractivity contribution < 1.29 is 9.53 Å². The van der Waals surface area contributed by atoms with Gasteiger partial charge in [0.2, 0.25) is 0 Å². The molecule has 0 unspecified atom stereocenters. The van der Waals surface area contributed by atoms with Gasteiger partial charge in [-0.15, -0.1) is 0 Å². The molecule has 0 aliphatic heterocycles. The second-order valence-electron chi connectivity index (χ2n) is 3.74. The molecule has 0 fully saturated rings. The first kappa shape index (κ1) is 14.7. The second-order valence-corrected chi connectivity index (χ2v) is 3.74. The second kappa shape index (κ2) is 8.68. The first-order valence-electron chi connectivity index (χ1n) is 5.76. The highest BCUT2D eigenvalue weighted by atomic mass is 16.5. The minimum atomic E-state index is -0.654. The number of carbonyl (C=O) groups is 1. The van der Waals surface area contributed by atoms with Gasteiger partial charge in [0.15, 0.2) is 0 Å². The number of carbonyl (C=O) groups excluding carboxylic acids is 1. The predicted octanol–water partition coefficient (Wildman–Crippen LogP) is 2.69. The number of hydrogen-bond acceptors (Lipinski definition) is 6. The van der Waals surface area contributed by atoms with Crippen LogP contribution in [-0.4, -0.2) is 25.2 Å². The maximum absolute atomic E-state index is 11.5. The van der Waals surface area contributed by atoms with E-state index in [0.717, 1.165) is 0 Å². The fourth-order valence-corrected chi connectivity index (χ4v) is 1.34. The number of hydrogen-bond donors (Lipinski definition) is 0. The van der Waals surface area contributed by atoms with Gasteiger partial charge in [-0.05, 0) is 18.6 Å². The topological polar surface area (TPSA) is 85.2 Å². The molecule has 0 radical (unpaired) electrons. The summed E-state index contributed by atoms with van der Waals surface area (Å²) in [5.41, 5.74) is 0.480. The van der Waals surface area contributed by atoms with Gasteiger partial charge in [0.1, 0.15) is 19.2 Å². The zero-order valence-electron chi connectivity index (χ0n) is 10.3. The first-order chi connectivity index (χ1) is 9.27. The van der Waals surface area contributed by atoms with Crippen molar-refractivity contribution in [1.29, 1.82) is 0 Å². The average molecular weight is 262 g/mol. The van der Waals surface area contributed by atoms with Crippen LogP contribution in [-0.2, 0) is 4.74 Å². The minimum absolute atomic E-state index is 0.105. The molecule has 19 heavy (non-hydrogen) atoms. The molecule has 1 rings (SSSR count). The van der Waals surface area contributed by atoms with Crippen LogP contribution in [0.3, 0.4) is 0 Å². The summed E-state index contributed by atoms with van der Waals surface area (Å²) in [6, 6.07) is 7.98. The standard InChI is InChI=1S/C13H14N2O4/c16-13(11-6-2-1-3-7-11)19-9-5-4-8-12(15-18)10-14-17/h1-7,12H,8-10H2/b5-4+/t12-/m0/s1. The molecule has 0 saturated carbocycles. The van der Waals surface area contributed by atoms with Gasteiger partial charge >= 0.3 is 5.97 Å². The summed E-state index contributed by atoms with van der Waals surface area (Å²) in [7, 11) is 0. The quantitative estimate of drug-likeness (QED) is 0.409. The molecule has 1 aromatic carbocycles.